The fourth-order valence-electron chi connectivity index (χ4n) is 0.488. The first-order valence-electron chi connectivity index (χ1n) is 2.34. The number of nitrogen functional groups attached to an aromatic ring is 1. The van der Waals surface area contributed by atoms with Gasteiger partial charge in [-0.1, -0.05) is 12.1 Å². The minimum Gasteiger partial charge on any atom is -0.506 e. The molecular weight excluding hydrogens is 154 g/mol. The average molecular weight is 164 g/mol. The van der Waals surface area contributed by atoms with Gasteiger partial charge in [0.2, 0.25) is 0 Å². The van der Waals surface area contributed by atoms with Crippen molar-refractivity contribution in [3.63, 3.8) is 0 Å². The zero-order chi connectivity index (χ0) is 5.98. The molecule has 10 heavy (non-hydrogen) atoms. The predicted molar refractivity (Wildman–Crippen MR) is 43.4 cm³/mol. The van der Waals surface area contributed by atoms with Crippen molar-refractivity contribution in [1.82, 2.24) is 0 Å². The molecule has 0 unspecified atom stereocenters. The zero-order valence-electron chi connectivity index (χ0n) is 5.24. The Kier molecular flexibility index (Phi) is 5.79. The molecule has 1 aromatic rings. The fourth-order valence-corrected chi connectivity index (χ4v) is 0.488. The van der Waals surface area contributed by atoms with Gasteiger partial charge < -0.3 is 16.3 Å². The van der Waals surface area contributed by atoms with Crippen LogP contribution in [0.2, 0.25) is 0 Å². The number of anilines is 1. The van der Waals surface area contributed by atoms with Crippen LogP contribution in [0.1, 0.15) is 0 Å². The molecule has 0 fully saturated rings. The third-order valence-corrected chi connectivity index (χ3v) is 0.937. The highest BCUT2D eigenvalue weighted by molar-refractivity contribution is 5.85. The molecule has 58 valence electrons. The van der Waals surface area contributed by atoms with Crippen molar-refractivity contribution >= 4 is 18.1 Å². The minimum atomic E-state index is 0. The topological polar surface area (TPSA) is 77.8 Å². The Bertz CT molecular complexity index is 172. The highest BCUT2D eigenvalue weighted by Gasteiger charge is 1.87. The molecule has 1 aromatic carbocycles. The number of nitrogens with two attached hydrogens (primary N) is 1. The molecule has 1 rings (SSSR count). The van der Waals surface area contributed by atoms with Gasteiger partial charge in [0.25, 0.3) is 0 Å². The van der Waals surface area contributed by atoms with Gasteiger partial charge >= 0.3 is 0 Å². The van der Waals surface area contributed by atoms with E-state index in [-0.39, 0.29) is 23.6 Å². The van der Waals surface area contributed by atoms with Crippen LogP contribution in [0.3, 0.4) is 0 Å². The maximum absolute atomic E-state index is 8.79. The number of hydrogen-bond acceptors (Lipinski definition) is 2. The number of para-hydroxylation sites is 2. The van der Waals surface area contributed by atoms with Crippen LogP contribution in [0.4, 0.5) is 5.69 Å². The van der Waals surface area contributed by atoms with Gasteiger partial charge in [0, 0.05) is 0 Å². The normalized spacial score (nSPS) is 7.20. The molecule has 0 radical (unpaired) electrons. The Hall–Kier alpha value is -0.930. The largest absolute Gasteiger partial charge is 0.506 e. The van der Waals surface area contributed by atoms with Crippen LogP contribution in [0.5, 0.6) is 5.75 Å². The smallest absolute Gasteiger partial charge is 0.138 e. The van der Waals surface area contributed by atoms with Crippen LogP contribution in [-0.2, 0) is 0 Å². The van der Waals surface area contributed by atoms with Gasteiger partial charge in [-0.15, -0.1) is 12.4 Å². The maximum atomic E-state index is 8.79. The molecule has 3 nitrogen and oxygen atoms in total. The summed E-state index contributed by atoms with van der Waals surface area (Å²) in [5.41, 5.74) is 5.69. The number of phenolic OH excluding ortho intramolecular Hbond substituents is 1. The van der Waals surface area contributed by atoms with Gasteiger partial charge in [-0.05, 0) is 12.1 Å². The maximum Gasteiger partial charge on any atom is 0.138 e. The summed E-state index contributed by atoms with van der Waals surface area (Å²) in [6.45, 7) is 0. The lowest BCUT2D eigenvalue weighted by Gasteiger charge is -1.92. The Morgan fingerprint density at radius 3 is 2.00 bits per heavy atom. The second-order valence-corrected chi connectivity index (χ2v) is 1.56. The quantitative estimate of drug-likeness (QED) is 0.433. The Balaban J connectivity index is 0. The molecule has 0 heterocycles. The Labute approximate surface area is 65.2 Å². The van der Waals surface area contributed by atoms with Gasteiger partial charge in [0.15, 0.2) is 0 Å². The van der Waals surface area contributed by atoms with E-state index in [1.165, 1.54) is 0 Å². The van der Waals surface area contributed by atoms with E-state index in [9.17, 15) is 0 Å². The van der Waals surface area contributed by atoms with E-state index in [0.29, 0.717) is 5.69 Å². The number of benzene rings is 1. The highest BCUT2D eigenvalue weighted by Crippen LogP contribution is 2.16. The molecule has 4 heteroatoms. The second kappa shape index (κ2) is 4.90. The summed E-state index contributed by atoms with van der Waals surface area (Å²) in [4.78, 5) is 0. The summed E-state index contributed by atoms with van der Waals surface area (Å²) in [6, 6.07) is 6.70. The van der Waals surface area contributed by atoms with E-state index < -0.39 is 0 Å². The van der Waals surface area contributed by atoms with E-state index >= 15 is 0 Å². The first kappa shape index (κ1) is 11.8. The molecule has 0 atom stereocenters. The Morgan fingerprint density at radius 2 is 1.70 bits per heavy atom. The molecule has 0 aromatic heterocycles. The van der Waals surface area contributed by atoms with Crippen LogP contribution in [-0.4, -0.2) is 10.6 Å². The summed E-state index contributed by atoms with van der Waals surface area (Å²) in [5.74, 6) is 0.146. The second-order valence-electron chi connectivity index (χ2n) is 1.56. The minimum absolute atomic E-state index is 0. The third kappa shape index (κ3) is 2.57. The van der Waals surface area contributed by atoms with E-state index in [1.54, 1.807) is 24.3 Å². The van der Waals surface area contributed by atoms with Gasteiger partial charge in [-0.25, -0.2) is 0 Å². The standard InChI is InChI=1S/C6H7NO.ClH.H2O/c7-5-3-1-2-4-6(5)8;;/h1-4,8H,7H2;1H;1H2. The van der Waals surface area contributed by atoms with Crippen LogP contribution >= 0.6 is 12.4 Å². The highest BCUT2D eigenvalue weighted by atomic mass is 35.5. The van der Waals surface area contributed by atoms with Crippen molar-refractivity contribution in [1.29, 1.82) is 0 Å². The molecule has 0 saturated carbocycles. The Morgan fingerprint density at radius 1 is 1.20 bits per heavy atom. The molecular formula is C6H10ClNO2. The summed E-state index contributed by atoms with van der Waals surface area (Å²) in [7, 11) is 0. The summed E-state index contributed by atoms with van der Waals surface area (Å²) in [6.07, 6.45) is 0. The molecule has 0 spiro atoms. The number of hydrogen-bond donors (Lipinski definition) is 2. The van der Waals surface area contributed by atoms with Gasteiger partial charge in [-0.2, -0.15) is 0 Å². The van der Waals surface area contributed by atoms with Gasteiger partial charge in [-0.3, -0.25) is 0 Å². The molecule has 0 saturated heterocycles. The lowest BCUT2D eigenvalue weighted by Crippen LogP contribution is -1.82. The molecule has 0 aliphatic carbocycles. The van der Waals surface area contributed by atoms with Crippen LogP contribution < -0.4 is 5.73 Å². The summed E-state index contributed by atoms with van der Waals surface area (Å²) in [5, 5.41) is 8.79. The molecule has 0 aliphatic rings. The number of halogens is 1. The molecule has 5 N–H and O–H groups in total. The first-order chi connectivity index (χ1) is 3.80. The van der Waals surface area contributed by atoms with Crippen LogP contribution in [0.25, 0.3) is 0 Å². The van der Waals surface area contributed by atoms with E-state index in [1.807, 2.05) is 0 Å². The van der Waals surface area contributed by atoms with Crippen molar-refractivity contribution in [2.75, 3.05) is 5.73 Å². The van der Waals surface area contributed by atoms with E-state index in [0.717, 1.165) is 0 Å². The lowest BCUT2D eigenvalue weighted by atomic mass is 10.3. The van der Waals surface area contributed by atoms with Crippen molar-refractivity contribution < 1.29 is 10.6 Å². The molecule has 0 bridgehead atoms. The van der Waals surface area contributed by atoms with Crippen molar-refractivity contribution in [2.45, 2.75) is 0 Å². The SMILES string of the molecule is Cl.Nc1ccccc1O.O. The number of rotatable bonds is 0. The monoisotopic (exact) mass is 163 g/mol. The van der Waals surface area contributed by atoms with Gasteiger partial charge in [0.1, 0.15) is 5.75 Å². The van der Waals surface area contributed by atoms with Gasteiger partial charge in [0.05, 0.1) is 5.69 Å². The van der Waals surface area contributed by atoms with E-state index in [2.05, 4.69) is 0 Å². The molecule has 0 amide bonds. The third-order valence-electron chi connectivity index (χ3n) is 0.937. The summed E-state index contributed by atoms with van der Waals surface area (Å²) >= 11 is 0. The zero-order valence-corrected chi connectivity index (χ0v) is 6.06. The number of aromatic hydroxyl groups is 1. The number of phenols is 1. The van der Waals surface area contributed by atoms with Crippen LogP contribution in [0.15, 0.2) is 24.3 Å². The van der Waals surface area contributed by atoms with Crippen molar-refractivity contribution in [3.05, 3.63) is 24.3 Å². The molecule has 0 aliphatic heterocycles. The van der Waals surface area contributed by atoms with Crippen molar-refractivity contribution in [3.8, 4) is 5.75 Å². The van der Waals surface area contributed by atoms with Crippen molar-refractivity contribution in [2.24, 2.45) is 0 Å². The first-order valence-corrected chi connectivity index (χ1v) is 2.34. The van der Waals surface area contributed by atoms with E-state index in [4.69, 9.17) is 10.8 Å². The average Bonchev–Trinajstić information content (AvgIpc) is 1.77. The predicted octanol–water partition coefficient (Wildman–Crippen LogP) is 0.571. The lowest BCUT2D eigenvalue weighted by molar-refractivity contribution is 0.478. The van der Waals surface area contributed by atoms with Crippen LogP contribution in [0, 0.1) is 0 Å². The summed E-state index contributed by atoms with van der Waals surface area (Å²) < 4.78 is 0. The fraction of sp³-hybridized carbons (Fsp3) is 0.